The van der Waals surface area contributed by atoms with Gasteiger partial charge in [-0.1, -0.05) is 12.1 Å². The molecule has 17 heavy (non-hydrogen) atoms. The summed E-state index contributed by atoms with van der Waals surface area (Å²) in [5.74, 6) is -0.487. The highest BCUT2D eigenvalue weighted by molar-refractivity contribution is 14.1. The van der Waals surface area contributed by atoms with E-state index in [1.54, 1.807) is 12.1 Å². The van der Waals surface area contributed by atoms with Gasteiger partial charge in [-0.05, 0) is 46.0 Å². The number of hydrogen-bond donors (Lipinski definition) is 0. The molecule has 1 aromatic carbocycles. The van der Waals surface area contributed by atoms with Crippen LogP contribution in [0.1, 0.15) is 5.56 Å². The molecule has 0 fully saturated rings. The number of carbonyl (C=O) groups excluding carboxylic acids is 1. The van der Waals surface area contributed by atoms with Crippen LogP contribution in [0.4, 0.5) is 13.2 Å². The molecule has 0 unspecified atom stereocenters. The maximum Gasteiger partial charge on any atom is 0.446 e. The molecular weight excluding hydrogens is 388 g/mol. The maximum absolute atomic E-state index is 12.4. The average Bonchev–Trinajstić information content (AvgIpc) is 2.21. The van der Waals surface area contributed by atoms with Gasteiger partial charge in [0.2, 0.25) is 0 Å². The van der Waals surface area contributed by atoms with Crippen LogP contribution >= 0.6 is 46.0 Å². The van der Waals surface area contributed by atoms with E-state index in [0.717, 1.165) is 0 Å². The number of benzene rings is 1. The topological polar surface area (TPSA) is 17.1 Å². The van der Waals surface area contributed by atoms with Crippen LogP contribution in [0.5, 0.6) is 0 Å². The van der Waals surface area contributed by atoms with Gasteiger partial charge in [-0.15, -0.1) is 11.6 Å². The first-order valence-corrected chi connectivity index (χ1v) is 6.87. The van der Waals surface area contributed by atoms with Crippen molar-refractivity contribution in [3.05, 3.63) is 27.3 Å². The first-order chi connectivity index (χ1) is 7.83. The summed E-state index contributed by atoms with van der Waals surface area (Å²) in [4.78, 5) is 11.3. The van der Waals surface area contributed by atoms with Crippen molar-refractivity contribution in [2.24, 2.45) is 0 Å². The smallest absolute Gasteiger partial charge is 0.298 e. The minimum atomic E-state index is -4.36. The molecule has 1 aromatic rings. The second kappa shape index (κ2) is 6.29. The van der Waals surface area contributed by atoms with E-state index in [4.69, 9.17) is 11.6 Å². The van der Waals surface area contributed by atoms with E-state index in [9.17, 15) is 18.0 Å². The molecule has 0 spiro atoms. The Morgan fingerprint density at radius 3 is 2.59 bits per heavy atom. The van der Waals surface area contributed by atoms with Crippen LogP contribution in [-0.4, -0.2) is 17.2 Å². The van der Waals surface area contributed by atoms with Crippen LogP contribution in [0.3, 0.4) is 0 Å². The maximum atomic E-state index is 12.4. The number of thioether (sulfide) groups is 1. The van der Waals surface area contributed by atoms with Gasteiger partial charge in [0.05, 0.1) is 5.88 Å². The minimum absolute atomic E-state index is 0.0707. The van der Waals surface area contributed by atoms with Gasteiger partial charge in [-0.25, -0.2) is 0 Å². The van der Waals surface area contributed by atoms with Crippen LogP contribution in [-0.2, 0) is 11.2 Å². The summed E-state index contributed by atoms with van der Waals surface area (Å²) in [5.41, 5.74) is -4.00. The van der Waals surface area contributed by atoms with Crippen LogP contribution < -0.4 is 0 Å². The number of hydrogen-bond acceptors (Lipinski definition) is 2. The molecule has 0 saturated heterocycles. The third-order valence-electron chi connectivity index (χ3n) is 1.80. The lowest BCUT2D eigenvalue weighted by Gasteiger charge is -2.12. The molecule has 1 nitrogen and oxygen atoms in total. The van der Waals surface area contributed by atoms with Crippen LogP contribution in [0.2, 0.25) is 0 Å². The summed E-state index contributed by atoms with van der Waals surface area (Å²) in [6.45, 7) is 0. The molecule has 0 aliphatic rings. The summed E-state index contributed by atoms with van der Waals surface area (Å²) in [6.07, 6.45) is -0.0707. The average molecular weight is 395 g/mol. The third kappa shape index (κ3) is 5.05. The summed E-state index contributed by atoms with van der Waals surface area (Å²) in [6, 6.07) is 4.71. The van der Waals surface area contributed by atoms with Crippen molar-refractivity contribution in [3.8, 4) is 0 Å². The van der Waals surface area contributed by atoms with Gasteiger partial charge in [0, 0.05) is 14.9 Å². The number of rotatable bonds is 4. The van der Waals surface area contributed by atoms with Crippen LogP contribution in [0, 0.1) is 3.57 Å². The van der Waals surface area contributed by atoms with Gasteiger partial charge in [0.1, 0.15) is 0 Å². The first kappa shape index (κ1) is 15.1. The molecule has 0 N–H and O–H groups in total. The third-order valence-corrected chi connectivity index (χ3v) is 4.28. The lowest BCUT2D eigenvalue weighted by atomic mass is 10.1. The zero-order chi connectivity index (χ0) is 13.1. The Hall–Kier alpha value is 0.0500. The van der Waals surface area contributed by atoms with Crippen LogP contribution in [0.15, 0.2) is 23.1 Å². The van der Waals surface area contributed by atoms with Gasteiger partial charge in [0.15, 0.2) is 5.78 Å². The van der Waals surface area contributed by atoms with Crippen molar-refractivity contribution in [2.75, 3.05) is 5.88 Å². The van der Waals surface area contributed by atoms with Crippen molar-refractivity contribution < 1.29 is 18.0 Å². The summed E-state index contributed by atoms with van der Waals surface area (Å²) < 4.78 is 37.6. The zero-order valence-corrected chi connectivity index (χ0v) is 12.1. The highest BCUT2D eigenvalue weighted by Crippen LogP contribution is 2.40. The lowest BCUT2D eigenvalue weighted by Crippen LogP contribution is -2.08. The first-order valence-electron chi connectivity index (χ1n) is 4.44. The van der Waals surface area contributed by atoms with Gasteiger partial charge < -0.3 is 0 Å². The molecule has 0 heterocycles. The molecule has 0 aliphatic heterocycles. The summed E-state index contributed by atoms with van der Waals surface area (Å²) in [5, 5.41) is 0. The van der Waals surface area contributed by atoms with E-state index >= 15 is 0 Å². The molecule has 0 atom stereocenters. The molecular formula is C10H7ClF3IOS. The van der Waals surface area contributed by atoms with Crippen molar-refractivity contribution in [3.63, 3.8) is 0 Å². The van der Waals surface area contributed by atoms with Crippen molar-refractivity contribution in [1.82, 2.24) is 0 Å². The van der Waals surface area contributed by atoms with Gasteiger partial charge >= 0.3 is 5.51 Å². The molecule has 0 radical (unpaired) electrons. The fourth-order valence-corrected chi connectivity index (χ4v) is 2.83. The minimum Gasteiger partial charge on any atom is -0.298 e. The second-order valence-corrected chi connectivity index (χ2v) is 5.63. The Labute approximate surface area is 119 Å². The zero-order valence-electron chi connectivity index (χ0n) is 8.35. The van der Waals surface area contributed by atoms with Crippen molar-refractivity contribution in [2.45, 2.75) is 16.8 Å². The number of Topliss-reactive ketones (excluding diaryl/α,β-unsaturated/α-hetero) is 1. The molecule has 1 rings (SSSR count). The number of alkyl halides is 4. The number of carbonyl (C=O) groups is 1. The van der Waals surface area contributed by atoms with Gasteiger partial charge in [-0.3, -0.25) is 4.79 Å². The Bertz CT molecular complexity index is 423. The second-order valence-electron chi connectivity index (χ2n) is 3.12. The lowest BCUT2D eigenvalue weighted by molar-refractivity contribution is -0.116. The fourth-order valence-electron chi connectivity index (χ4n) is 1.18. The van der Waals surface area contributed by atoms with Crippen molar-refractivity contribution in [1.29, 1.82) is 0 Å². The van der Waals surface area contributed by atoms with E-state index < -0.39 is 5.51 Å². The fraction of sp³-hybridized carbons (Fsp3) is 0.300. The number of halogens is 5. The highest BCUT2D eigenvalue weighted by Gasteiger charge is 2.31. The van der Waals surface area contributed by atoms with Gasteiger partial charge in [0.25, 0.3) is 0 Å². The molecule has 94 valence electrons. The van der Waals surface area contributed by atoms with Gasteiger partial charge in [-0.2, -0.15) is 13.2 Å². The quantitative estimate of drug-likeness (QED) is 0.431. The summed E-state index contributed by atoms with van der Waals surface area (Å²) >= 11 is 6.97. The predicted molar refractivity (Wildman–Crippen MR) is 70.5 cm³/mol. The summed E-state index contributed by atoms with van der Waals surface area (Å²) in [7, 11) is 0. The molecule has 0 aromatic heterocycles. The largest absolute Gasteiger partial charge is 0.446 e. The Morgan fingerprint density at radius 1 is 1.41 bits per heavy atom. The van der Waals surface area contributed by atoms with E-state index in [1.807, 2.05) is 22.6 Å². The standard InChI is InChI=1S/C10H7ClF3IOS/c11-5-7(16)4-6-2-1-3-8(15)9(6)17-10(12,13)14/h1-3H,4-5H2. The Balaban J connectivity index is 3.04. The SMILES string of the molecule is O=C(CCl)Cc1cccc(I)c1SC(F)(F)F. The monoisotopic (exact) mass is 394 g/mol. The molecule has 0 saturated carbocycles. The molecule has 0 aliphatic carbocycles. The normalized spacial score (nSPS) is 11.6. The highest BCUT2D eigenvalue weighted by atomic mass is 127. The number of ketones is 1. The van der Waals surface area contributed by atoms with E-state index in [2.05, 4.69) is 0 Å². The predicted octanol–water partition coefficient (Wildman–Crippen LogP) is 4.25. The Kier molecular flexibility index (Phi) is 5.59. The van der Waals surface area contributed by atoms with E-state index in [-0.39, 0.29) is 34.7 Å². The van der Waals surface area contributed by atoms with Crippen molar-refractivity contribution >= 4 is 51.7 Å². The van der Waals surface area contributed by atoms with Crippen LogP contribution in [0.25, 0.3) is 0 Å². The molecule has 0 amide bonds. The molecule has 7 heteroatoms. The van der Waals surface area contributed by atoms with E-state index in [0.29, 0.717) is 9.13 Å². The molecule has 0 bridgehead atoms. The van der Waals surface area contributed by atoms with E-state index in [1.165, 1.54) is 6.07 Å². The Morgan fingerprint density at radius 2 is 2.06 bits per heavy atom.